The zero-order valence-electron chi connectivity index (χ0n) is 11.1. The van der Waals surface area contributed by atoms with E-state index in [2.05, 4.69) is 15.5 Å². The molecule has 0 atom stereocenters. The largest absolute Gasteiger partial charge is 0.214 e. The highest BCUT2D eigenvalue weighted by atomic mass is 35.5. The van der Waals surface area contributed by atoms with Crippen LogP contribution in [-0.4, -0.2) is 20.2 Å². The highest BCUT2D eigenvalue weighted by Gasteiger charge is 2.10. The summed E-state index contributed by atoms with van der Waals surface area (Å²) >= 11 is 13.4. The van der Waals surface area contributed by atoms with Crippen molar-refractivity contribution >= 4 is 35.0 Å². The second-order valence-electron chi connectivity index (χ2n) is 4.39. The fourth-order valence-electron chi connectivity index (χ4n) is 1.78. The first-order valence-corrected chi connectivity index (χ1v) is 7.99. The molecule has 0 fully saturated rings. The standard InChI is InChI=1S/C14H9Cl2FN4S/c15-12-6-5-11(7-13(12)16)21-14(18-19-20-21)22-8-9-1-3-10(17)4-2-9/h1-7H,8H2. The third kappa shape index (κ3) is 3.40. The molecule has 0 aliphatic heterocycles. The molecule has 0 spiro atoms. The molecule has 3 aromatic rings. The minimum atomic E-state index is -0.255. The Morgan fingerprint density at radius 3 is 2.55 bits per heavy atom. The molecule has 3 rings (SSSR count). The zero-order valence-corrected chi connectivity index (χ0v) is 13.4. The van der Waals surface area contributed by atoms with Crippen LogP contribution in [0.4, 0.5) is 4.39 Å². The topological polar surface area (TPSA) is 43.6 Å². The number of benzene rings is 2. The molecule has 2 aromatic carbocycles. The Bertz CT molecular complexity index is 792. The van der Waals surface area contributed by atoms with Gasteiger partial charge in [0.15, 0.2) is 0 Å². The van der Waals surface area contributed by atoms with Crippen molar-refractivity contribution in [3.05, 3.63) is 63.9 Å². The van der Waals surface area contributed by atoms with Gasteiger partial charge in [0.25, 0.3) is 0 Å². The molecular formula is C14H9Cl2FN4S. The van der Waals surface area contributed by atoms with Crippen LogP contribution in [0, 0.1) is 5.82 Å². The van der Waals surface area contributed by atoms with Crippen molar-refractivity contribution in [2.24, 2.45) is 0 Å². The van der Waals surface area contributed by atoms with Crippen molar-refractivity contribution in [3.8, 4) is 5.69 Å². The van der Waals surface area contributed by atoms with E-state index in [1.165, 1.54) is 23.9 Å². The first kappa shape index (κ1) is 15.3. The van der Waals surface area contributed by atoms with E-state index in [1.807, 2.05) is 0 Å². The number of thioether (sulfide) groups is 1. The molecule has 8 heteroatoms. The van der Waals surface area contributed by atoms with Crippen molar-refractivity contribution in [2.45, 2.75) is 10.9 Å². The lowest BCUT2D eigenvalue weighted by atomic mass is 10.2. The van der Waals surface area contributed by atoms with E-state index in [-0.39, 0.29) is 5.82 Å². The van der Waals surface area contributed by atoms with Crippen LogP contribution in [0.2, 0.25) is 10.0 Å². The Morgan fingerprint density at radius 1 is 1.05 bits per heavy atom. The summed E-state index contributed by atoms with van der Waals surface area (Å²) in [5.41, 5.74) is 1.70. The van der Waals surface area contributed by atoms with Gasteiger partial charge in [0.1, 0.15) is 5.82 Å². The molecule has 0 bridgehead atoms. The maximum absolute atomic E-state index is 12.9. The predicted molar refractivity (Wildman–Crippen MR) is 85.1 cm³/mol. The summed E-state index contributed by atoms with van der Waals surface area (Å²) in [6.45, 7) is 0. The minimum Gasteiger partial charge on any atom is -0.207 e. The quantitative estimate of drug-likeness (QED) is 0.651. The van der Waals surface area contributed by atoms with Crippen LogP contribution in [0.25, 0.3) is 5.69 Å². The van der Waals surface area contributed by atoms with Gasteiger partial charge in [-0.25, -0.2) is 4.39 Å². The predicted octanol–water partition coefficient (Wildman–Crippen LogP) is 4.40. The van der Waals surface area contributed by atoms with E-state index in [1.54, 1.807) is 35.0 Å². The van der Waals surface area contributed by atoms with Gasteiger partial charge in [0, 0.05) is 5.75 Å². The lowest BCUT2D eigenvalue weighted by molar-refractivity contribution is 0.627. The number of tetrazole rings is 1. The molecular weight excluding hydrogens is 346 g/mol. The van der Waals surface area contributed by atoms with Crippen molar-refractivity contribution in [1.29, 1.82) is 0 Å². The molecule has 0 aliphatic rings. The molecule has 4 nitrogen and oxygen atoms in total. The molecule has 0 amide bonds. The Kier molecular flexibility index (Phi) is 4.61. The van der Waals surface area contributed by atoms with Crippen molar-refractivity contribution in [2.75, 3.05) is 0 Å². The molecule has 112 valence electrons. The fourth-order valence-corrected chi connectivity index (χ4v) is 2.92. The molecule has 0 saturated heterocycles. The monoisotopic (exact) mass is 354 g/mol. The average Bonchev–Trinajstić information content (AvgIpc) is 2.98. The summed E-state index contributed by atoms with van der Waals surface area (Å²) in [5, 5.41) is 13.2. The smallest absolute Gasteiger partial charge is 0.207 e. The van der Waals surface area contributed by atoms with E-state index in [0.29, 0.717) is 21.0 Å². The zero-order chi connectivity index (χ0) is 15.5. The maximum atomic E-state index is 12.9. The summed E-state index contributed by atoms with van der Waals surface area (Å²) in [4.78, 5) is 0. The summed E-state index contributed by atoms with van der Waals surface area (Å²) in [7, 11) is 0. The highest BCUT2D eigenvalue weighted by molar-refractivity contribution is 7.98. The molecule has 0 N–H and O–H groups in total. The number of aromatic nitrogens is 4. The van der Waals surface area contributed by atoms with Crippen LogP contribution in [0.1, 0.15) is 5.56 Å². The second kappa shape index (κ2) is 6.64. The van der Waals surface area contributed by atoms with Crippen LogP contribution < -0.4 is 0 Å². The molecule has 0 saturated carbocycles. The number of rotatable bonds is 4. The lowest BCUT2D eigenvalue weighted by Crippen LogP contribution is -1.99. The van der Waals surface area contributed by atoms with Gasteiger partial charge in [-0.15, -0.1) is 5.10 Å². The first-order chi connectivity index (χ1) is 10.6. The Balaban J connectivity index is 1.79. The highest BCUT2D eigenvalue weighted by Crippen LogP contribution is 2.27. The molecule has 1 aromatic heterocycles. The van der Waals surface area contributed by atoms with Gasteiger partial charge >= 0.3 is 0 Å². The second-order valence-corrected chi connectivity index (χ2v) is 6.14. The SMILES string of the molecule is Fc1ccc(CSc2nnnn2-c2ccc(Cl)c(Cl)c2)cc1. The Morgan fingerprint density at radius 2 is 1.82 bits per heavy atom. The fraction of sp³-hybridized carbons (Fsp3) is 0.0714. The third-order valence-electron chi connectivity index (χ3n) is 2.87. The van der Waals surface area contributed by atoms with E-state index in [4.69, 9.17) is 23.2 Å². The number of hydrogen-bond acceptors (Lipinski definition) is 4. The van der Waals surface area contributed by atoms with Gasteiger partial charge in [-0.1, -0.05) is 47.1 Å². The average molecular weight is 355 g/mol. The minimum absolute atomic E-state index is 0.255. The van der Waals surface area contributed by atoms with Crippen LogP contribution in [0.5, 0.6) is 0 Å². The molecule has 0 aliphatic carbocycles. The van der Waals surface area contributed by atoms with Crippen molar-refractivity contribution in [1.82, 2.24) is 20.2 Å². The van der Waals surface area contributed by atoms with E-state index >= 15 is 0 Å². The maximum Gasteiger partial charge on any atom is 0.214 e. The number of halogens is 3. The normalized spacial score (nSPS) is 10.9. The number of nitrogens with zero attached hydrogens (tertiary/aromatic N) is 4. The molecule has 1 heterocycles. The summed E-state index contributed by atoms with van der Waals surface area (Å²) in [6, 6.07) is 11.5. The Hall–Kier alpha value is -1.63. The van der Waals surface area contributed by atoms with E-state index in [0.717, 1.165) is 11.3 Å². The van der Waals surface area contributed by atoms with Gasteiger partial charge in [-0.2, -0.15) is 4.68 Å². The summed E-state index contributed by atoms with van der Waals surface area (Å²) in [6.07, 6.45) is 0. The van der Waals surface area contributed by atoms with Gasteiger partial charge in [0.2, 0.25) is 5.16 Å². The lowest BCUT2D eigenvalue weighted by Gasteiger charge is -2.05. The summed E-state index contributed by atoms with van der Waals surface area (Å²) < 4.78 is 14.5. The van der Waals surface area contributed by atoms with Crippen LogP contribution in [0.3, 0.4) is 0 Å². The van der Waals surface area contributed by atoms with Gasteiger partial charge in [-0.05, 0) is 46.3 Å². The van der Waals surface area contributed by atoms with E-state index < -0.39 is 0 Å². The van der Waals surface area contributed by atoms with Crippen molar-refractivity contribution in [3.63, 3.8) is 0 Å². The molecule has 0 unspecified atom stereocenters. The van der Waals surface area contributed by atoms with Crippen molar-refractivity contribution < 1.29 is 4.39 Å². The van der Waals surface area contributed by atoms with Crippen LogP contribution >= 0.6 is 35.0 Å². The number of hydrogen-bond donors (Lipinski definition) is 0. The van der Waals surface area contributed by atoms with Crippen LogP contribution in [-0.2, 0) is 5.75 Å². The van der Waals surface area contributed by atoms with Gasteiger partial charge in [-0.3, -0.25) is 0 Å². The third-order valence-corrected chi connectivity index (χ3v) is 4.60. The van der Waals surface area contributed by atoms with Gasteiger partial charge in [0.05, 0.1) is 15.7 Å². The Labute approximate surface area is 140 Å². The van der Waals surface area contributed by atoms with Crippen LogP contribution in [0.15, 0.2) is 47.6 Å². The molecule has 22 heavy (non-hydrogen) atoms. The first-order valence-electron chi connectivity index (χ1n) is 6.24. The van der Waals surface area contributed by atoms with E-state index in [9.17, 15) is 4.39 Å². The molecule has 0 radical (unpaired) electrons. The summed E-state index contributed by atoms with van der Waals surface area (Å²) in [5.74, 6) is 0.372. The van der Waals surface area contributed by atoms with Gasteiger partial charge < -0.3 is 0 Å².